The fraction of sp³-hybridized carbons (Fsp3) is 0.385. The summed E-state index contributed by atoms with van der Waals surface area (Å²) in [5.41, 5.74) is -1.02. The van der Waals surface area contributed by atoms with Crippen LogP contribution in [0.5, 0.6) is 0 Å². The van der Waals surface area contributed by atoms with Gasteiger partial charge in [-0.25, -0.2) is 4.79 Å². The highest BCUT2D eigenvalue weighted by Gasteiger charge is 2.35. The Morgan fingerprint density at radius 1 is 1.37 bits per heavy atom. The first kappa shape index (κ1) is 15.5. The highest BCUT2D eigenvalue weighted by Crippen LogP contribution is 2.15. The van der Waals surface area contributed by atoms with Gasteiger partial charge in [-0.15, -0.1) is 11.8 Å². The molecular formula is C13H17NO4S. The van der Waals surface area contributed by atoms with Crippen molar-refractivity contribution in [3.8, 4) is 0 Å². The lowest BCUT2D eigenvalue weighted by Gasteiger charge is -2.25. The molecule has 0 radical (unpaired) electrons. The van der Waals surface area contributed by atoms with Crippen LogP contribution in [-0.2, 0) is 9.53 Å². The van der Waals surface area contributed by atoms with Crippen LogP contribution in [0.25, 0.3) is 0 Å². The van der Waals surface area contributed by atoms with Crippen LogP contribution in [0.3, 0.4) is 0 Å². The third-order valence-corrected chi connectivity index (χ3v) is 3.39. The van der Waals surface area contributed by atoms with E-state index in [0.717, 1.165) is 4.90 Å². The average molecular weight is 283 g/mol. The van der Waals surface area contributed by atoms with E-state index in [0.29, 0.717) is 5.56 Å². The molecule has 0 bridgehead atoms. The van der Waals surface area contributed by atoms with Crippen LogP contribution in [0.1, 0.15) is 17.3 Å². The van der Waals surface area contributed by atoms with Gasteiger partial charge in [-0.2, -0.15) is 0 Å². The van der Waals surface area contributed by atoms with Gasteiger partial charge in [0.15, 0.2) is 5.54 Å². The molecule has 0 aliphatic heterocycles. The minimum absolute atomic E-state index is 0.100. The number of ether oxygens (including phenoxy) is 1. The number of carbonyl (C=O) groups is 2. The fourth-order valence-electron chi connectivity index (χ4n) is 1.51. The molecule has 2 N–H and O–H groups in total. The lowest BCUT2D eigenvalue weighted by molar-refractivity contribution is -0.145. The zero-order valence-corrected chi connectivity index (χ0v) is 11.9. The number of benzene rings is 1. The molecule has 1 aromatic rings. The number of nitrogens with one attached hydrogen (secondary N) is 1. The SMILES string of the molecule is COCC(C)(NC(=O)c1ccc(SC)cc1)C(=O)O. The Bertz CT molecular complexity index is 460. The average Bonchev–Trinajstić information content (AvgIpc) is 2.38. The molecule has 0 fully saturated rings. The van der Waals surface area contributed by atoms with Crippen molar-refractivity contribution in [2.75, 3.05) is 20.0 Å². The molecule has 19 heavy (non-hydrogen) atoms. The van der Waals surface area contributed by atoms with Crippen LogP contribution < -0.4 is 5.32 Å². The zero-order chi connectivity index (χ0) is 14.5. The number of carboxylic acids is 1. The van der Waals surface area contributed by atoms with Crippen LogP contribution in [0.4, 0.5) is 0 Å². The van der Waals surface area contributed by atoms with E-state index in [1.54, 1.807) is 23.9 Å². The molecule has 1 atom stereocenters. The summed E-state index contributed by atoms with van der Waals surface area (Å²) in [4.78, 5) is 24.2. The summed E-state index contributed by atoms with van der Waals surface area (Å²) in [6.07, 6.45) is 1.94. The van der Waals surface area contributed by atoms with Gasteiger partial charge >= 0.3 is 5.97 Å². The number of carbonyl (C=O) groups excluding carboxylic acids is 1. The first-order valence-electron chi connectivity index (χ1n) is 5.62. The number of carboxylic acid groups (broad SMARTS) is 1. The Morgan fingerprint density at radius 2 is 1.95 bits per heavy atom. The van der Waals surface area contributed by atoms with Crippen LogP contribution in [0, 0.1) is 0 Å². The Kier molecular flexibility index (Phi) is 5.38. The van der Waals surface area contributed by atoms with Gasteiger partial charge in [0.25, 0.3) is 5.91 Å². The van der Waals surface area contributed by atoms with Crippen LogP contribution >= 0.6 is 11.8 Å². The molecule has 0 aliphatic carbocycles. The largest absolute Gasteiger partial charge is 0.479 e. The Balaban J connectivity index is 2.84. The van der Waals surface area contributed by atoms with Crippen molar-refractivity contribution in [1.29, 1.82) is 0 Å². The van der Waals surface area contributed by atoms with Gasteiger partial charge in [-0.1, -0.05) is 0 Å². The van der Waals surface area contributed by atoms with Crippen LogP contribution in [-0.4, -0.2) is 42.5 Å². The monoisotopic (exact) mass is 283 g/mol. The van der Waals surface area contributed by atoms with Crippen molar-refractivity contribution in [2.24, 2.45) is 0 Å². The minimum Gasteiger partial charge on any atom is -0.479 e. The van der Waals surface area contributed by atoms with E-state index in [-0.39, 0.29) is 6.61 Å². The second-order valence-corrected chi connectivity index (χ2v) is 5.13. The number of thioether (sulfide) groups is 1. The number of hydrogen-bond acceptors (Lipinski definition) is 4. The predicted molar refractivity (Wildman–Crippen MR) is 73.6 cm³/mol. The maximum atomic E-state index is 12.0. The predicted octanol–water partition coefficient (Wildman–Crippen LogP) is 1.63. The summed E-state index contributed by atoms with van der Waals surface area (Å²) < 4.78 is 4.84. The second kappa shape index (κ2) is 6.58. The summed E-state index contributed by atoms with van der Waals surface area (Å²) in [5, 5.41) is 11.6. The van der Waals surface area contributed by atoms with Gasteiger partial charge in [0.05, 0.1) is 6.61 Å². The van der Waals surface area contributed by atoms with Crippen molar-refractivity contribution >= 4 is 23.6 Å². The number of methoxy groups -OCH3 is 1. The van der Waals surface area contributed by atoms with Gasteiger partial charge in [0, 0.05) is 17.6 Å². The van der Waals surface area contributed by atoms with Gasteiger partial charge in [0.2, 0.25) is 0 Å². The Labute approximate surface area is 116 Å². The zero-order valence-electron chi connectivity index (χ0n) is 11.1. The van der Waals surface area contributed by atoms with Crippen molar-refractivity contribution in [3.05, 3.63) is 29.8 Å². The molecular weight excluding hydrogens is 266 g/mol. The van der Waals surface area contributed by atoms with E-state index in [2.05, 4.69) is 5.32 Å². The van der Waals surface area contributed by atoms with Crippen molar-refractivity contribution in [2.45, 2.75) is 17.4 Å². The Morgan fingerprint density at radius 3 is 2.37 bits per heavy atom. The molecule has 104 valence electrons. The highest BCUT2D eigenvalue weighted by atomic mass is 32.2. The maximum Gasteiger partial charge on any atom is 0.331 e. The number of aliphatic carboxylic acids is 1. The normalized spacial score (nSPS) is 13.6. The Hall–Kier alpha value is -1.53. The standard InChI is InChI=1S/C13H17NO4S/c1-13(8-18-2,12(16)17)14-11(15)9-4-6-10(19-3)7-5-9/h4-7H,8H2,1-3H3,(H,14,15)(H,16,17). The number of amides is 1. The molecule has 0 saturated heterocycles. The smallest absolute Gasteiger partial charge is 0.331 e. The summed E-state index contributed by atoms with van der Waals surface area (Å²) in [6, 6.07) is 6.95. The van der Waals surface area contributed by atoms with E-state index in [1.807, 2.05) is 18.4 Å². The third-order valence-electron chi connectivity index (χ3n) is 2.65. The summed E-state index contributed by atoms with van der Waals surface area (Å²) in [6.45, 7) is 1.31. The molecule has 1 aromatic carbocycles. The lowest BCUT2D eigenvalue weighted by Crippen LogP contribution is -2.55. The maximum absolute atomic E-state index is 12.0. The lowest BCUT2D eigenvalue weighted by atomic mass is 10.0. The van der Waals surface area contributed by atoms with E-state index in [4.69, 9.17) is 9.84 Å². The van der Waals surface area contributed by atoms with Crippen molar-refractivity contribution in [3.63, 3.8) is 0 Å². The first-order chi connectivity index (χ1) is 8.92. The van der Waals surface area contributed by atoms with Crippen LogP contribution in [0.2, 0.25) is 0 Å². The van der Waals surface area contributed by atoms with Gasteiger partial charge in [-0.05, 0) is 37.4 Å². The molecule has 6 heteroatoms. The molecule has 1 rings (SSSR count). The van der Waals surface area contributed by atoms with Crippen molar-refractivity contribution in [1.82, 2.24) is 5.32 Å². The quantitative estimate of drug-likeness (QED) is 0.776. The topological polar surface area (TPSA) is 75.6 Å². The summed E-state index contributed by atoms with van der Waals surface area (Å²) >= 11 is 1.57. The van der Waals surface area contributed by atoms with E-state index in [1.165, 1.54) is 14.0 Å². The third kappa shape index (κ3) is 3.97. The molecule has 0 saturated carbocycles. The van der Waals surface area contributed by atoms with Crippen molar-refractivity contribution < 1.29 is 19.4 Å². The van der Waals surface area contributed by atoms with E-state index < -0.39 is 17.4 Å². The molecule has 1 unspecified atom stereocenters. The minimum atomic E-state index is -1.44. The molecule has 0 aromatic heterocycles. The number of rotatable bonds is 6. The van der Waals surface area contributed by atoms with Gasteiger partial charge in [-0.3, -0.25) is 4.79 Å². The molecule has 0 spiro atoms. The highest BCUT2D eigenvalue weighted by molar-refractivity contribution is 7.98. The van der Waals surface area contributed by atoms with Crippen LogP contribution in [0.15, 0.2) is 29.2 Å². The molecule has 1 amide bonds. The molecule has 0 aliphatic rings. The summed E-state index contributed by atoms with van der Waals surface area (Å²) in [7, 11) is 1.39. The molecule has 0 heterocycles. The van der Waals surface area contributed by atoms with Gasteiger partial charge in [0.1, 0.15) is 0 Å². The van der Waals surface area contributed by atoms with Gasteiger partial charge < -0.3 is 15.2 Å². The second-order valence-electron chi connectivity index (χ2n) is 4.25. The molecule has 5 nitrogen and oxygen atoms in total. The van der Waals surface area contributed by atoms with E-state index >= 15 is 0 Å². The summed E-state index contributed by atoms with van der Waals surface area (Å²) in [5.74, 6) is -1.57. The fourth-order valence-corrected chi connectivity index (χ4v) is 1.91. The van der Waals surface area contributed by atoms with E-state index in [9.17, 15) is 9.59 Å². The number of hydrogen-bond donors (Lipinski definition) is 2. The first-order valence-corrected chi connectivity index (χ1v) is 6.84.